The Balaban J connectivity index is 1.70. The summed E-state index contributed by atoms with van der Waals surface area (Å²) in [6.07, 6.45) is 6.96. The fourth-order valence-electron chi connectivity index (χ4n) is 3.82. The van der Waals surface area contributed by atoms with Gasteiger partial charge in [0.15, 0.2) is 5.76 Å². The Morgan fingerprint density at radius 2 is 2.00 bits per heavy atom. The van der Waals surface area contributed by atoms with E-state index in [0.29, 0.717) is 18.3 Å². The standard InChI is InChI=1S/C21H25N5O2/c1-23-20(25-15-22)26-17-9-11-21(12-10-17,16-6-3-2-4-7-16)14-24-19(27)18-8-5-13-28-18/h2-8,13,17H,9-12,14H2,1H3,(H,24,27)(H2,23,25,26)/t17-,21-. The minimum Gasteiger partial charge on any atom is -0.459 e. The van der Waals surface area contributed by atoms with Crippen LogP contribution in [-0.2, 0) is 5.41 Å². The SMILES string of the molecule is CN/C(=N\C#N)N[C@H]1CC[C@](CNC(=O)c2ccco2)(c2ccccc2)CC1. The van der Waals surface area contributed by atoms with Crippen LogP contribution in [0.25, 0.3) is 0 Å². The molecule has 0 atom stereocenters. The van der Waals surface area contributed by atoms with Gasteiger partial charge < -0.3 is 20.4 Å². The third-order valence-corrected chi connectivity index (χ3v) is 5.40. The van der Waals surface area contributed by atoms with E-state index in [2.05, 4.69) is 33.1 Å². The summed E-state index contributed by atoms with van der Waals surface area (Å²) in [6.45, 7) is 0.550. The molecule has 1 aliphatic carbocycles. The summed E-state index contributed by atoms with van der Waals surface area (Å²) in [5.41, 5.74) is 1.10. The first-order valence-corrected chi connectivity index (χ1v) is 9.45. The molecule has 1 fully saturated rings. The first-order valence-electron chi connectivity index (χ1n) is 9.45. The van der Waals surface area contributed by atoms with Crippen molar-refractivity contribution < 1.29 is 9.21 Å². The summed E-state index contributed by atoms with van der Waals surface area (Å²) in [4.78, 5) is 16.1. The van der Waals surface area contributed by atoms with Gasteiger partial charge in [0, 0.05) is 25.0 Å². The number of nitriles is 1. The summed E-state index contributed by atoms with van der Waals surface area (Å²) >= 11 is 0. The first kappa shape index (κ1) is 19.5. The summed E-state index contributed by atoms with van der Waals surface area (Å²) in [6, 6.07) is 13.9. The lowest BCUT2D eigenvalue weighted by Gasteiger charge is -2.41. The Labute approximate surface area is 164 Å². The highest BCUT2D eigenvalue weighted by Crippen LogP contribution is 2.39. The molecule has 1 aliphatic rings. The van der Waals surface area contributed by atoms with E-state index in [4.69, 9.17) is 9.68 Å². The first-order chi connectivity index (χ1) is 13.7. The predicted molar refractivity (Wildman–Crippen MR) is 107 cm³/mol. The molecule has 1 heterocycles. The topological polar surface area (TPSA) is 102 Å². The van der Waals surface area contributed by atoms with Crippen molar-refractivity contribution in [1.82, 2.24) is 16.0 Å². The van der Waals surface area contributed by atoms with Crippen molar-refractivity contribution in [3.63, 3.8) is 0 Å². The van der Waals surface area contributed by atoms with Gasteiger partial charge in [-0.15, -0.1) is 4.99 Å². The number of aliphatic imine (C=N–C) groups is 1. The molecule has 0 aliphatic heterocycles. The smallest absolute Gasteiger partial charge is 0.287 e. The van der Waals surface area contributed by atoms with Crippen LogP contribution in [-0.4, -0.2) is 31.5 Å². The van der Waals surface area contributed by atoms with Crippen molar-refractivity contribution >= 4 is 11.9 Å². The van der Waals surface area contributed by atoms with Gasteiger partial charge in [-0.1, -0.05) is 30.3 Å². The van der Waals surface area contributed by atoms with E-state index in [1.54, 1.807) is 25.4 Å². The maximum absolute atomic E-state index is 12.4. The van der Waals surface area contributed by atoms with Crippen molar-refractivity contribution in [2.45, 2.75) is 37.1 Å². The van der Waals surface area contributed by atoms with E-state index in [1.165, 1.54) is 11.8 Å². The Kier molecular flexibility index (Phi) is 6.33. The number of amides is 1. The Hall–Kier alpha value is -3.27. The number of hydrogen-bond donors (Lipinski definition) is 3. The molecule has 0 radical (unpaired) electrons. The number of benzene rings is 1. The average molecular weight is 379 g/mol. The zero-order valence-corrected chi connectivity index (χ0v) is 15.9. The van der Waals surface area contributed by atoms with Crippen LogP contribution in [0.3, 0.4) is 0 Å². The van der Waals surface area contributed by atoms with Crippen LogP contribution < -0.4 is 16.0 Å². The fourth-order valence-corrected chi connectivity index (χ4v) is 3.82. The molecular formula is C21H25N5O2. The highest BCUT2D eigenvalue weighted by atomic mass is 16.3. The van der Waals surface area contributed by atoms with Gasteiger partial charge in [-0.2, -0.15) is 5.26 Å². The number of nitrogens with zero attached hydrogens (tertiary/aromatic N) is 2. The minimum atomic E-state index is -0.195. The highest BCUT2D eigenvalue weighted by Gasteiger charge is 2.37. The van der Waals surface area contributed by atoms with E-state index >= 15 is 0 Å². The third-order valence-electron chi connectivity index (χ3n) is 5.40. The van der Waals surface area contributed by atoms with Gasteiger partial charge in [0.05, 0.1) is 6.26 Å². The molecule has 1 aromatic carbocycles. The van der Waals surface area contributed by atoms with Crippen molar-refractivity contribution in [2.24, 2.45) is 4.99 Å². The van der Waals surface area contributed by atoms with E-state index in [0.717, 1.165) is 25.7 Å². The number of hydrogen-bond acceptors (Lipinski definition) is 4. The van der Waals surface area contributed by atoms with Gasteiger partial charge in [0.25, 0.3) is 5.91 Å². The zero-order chi connectivity index (χ0) is 19.8. The molecule has 1 aromatic heterocycles. The van der Waals surface area contributed by atoms with Gasteiger partial charge in [-0.05, 0) is 43.4 Å². The quantitative estimate of drug-likeness (QED) is 0.421. The molecular weight excluding hydrogens is 354 g/mol. The number of carbonyl (C=O) groups excluding carboxylic acids is 1. The summed E-state index contributed by atoms with van der Waals surface area (Å²) in [7, 11) is 1.74. The second-order valence-corrected chi connectivity index (χ2v) is 7.04. The zero-order valence-electron chi connectivity index (χ0n) is 15.9. The lowest BCUT2D eigenvalue weighted by atomic mass is 9.68. The van der Waals surface area contributed by atoms with Gasteiger partial charge in [0.2, 0.25) is 12.2 Å². The van der Waals surface area contributed by atoms with Gasteiger partial charge >= 0.3 is 0 Å². The van der Waals surface area contributed by atoms with Crippen molar-refractivity contribution in [3.05, 3.63) is 60.1 Å². The second-order valence-electron chi connectivity index (χ2n) is 7.04. The average Bonchev–Trinajstić information content (AvgIpc) is 3.28. The molecule has 146 valence electrons. The molecule has 0 unspecified atom stereocenters. The predicted octanol–water partition coefficient (Wildman–Crippen LogP) is 2.54. The third kappa shape index (κ3) is 4.52. The monoisotopic (exact) mass is 379 g/mol. The molecule has 0 saturated heterocycles. The molecule has 0 spiro atoms. The van der Waals surface area contributed by atoms with Crippen LogP contribution in [0.4, 0.5) is 0 Å². The fraction of sp³-hybridized carbons (Fsp3) is 0.381. The van der Waals surface area contributed by atoms with Crippen molar-refractivity contribution in [3.8, 4) is 6.19 Å². The molecule has 7 nitrogen and oxygen atoms in total. The molecule has 2 aromatic rings. The summed E-state index contributed by atoms with van der Waals surface area (Å²) in [5, 5.41) is 18.0. The van der Waals surface area contributed by atoms with Gasteiger partial charge in [-0.25, -0.2) is 0 Å². The molecule has 7 heteroatoms. The van der Waals surface area contributed by atoms with E-state index < -0.39 is 0 Å². The Bertz CT molecular complexity index is 831. The number of rotatable bonds is 5. The van der Waals surface area contributed by atoms with Crippen LogP contribution in [0.5, 0.6) is 0 Å². The van der Waals surface area contributed by atoms with Crippen molar-refractivity contribution in [2.75, 3.05) is 13.6 Å². The van der Waals surface area contributed by atoms with Crippen LogP contribution in [0.15, 0.2) is 58.1 Å². The van der Waals surface area contributed by atoms with E-state index in [1.807, 2.05) is 18.2 Å². The van der Waals surface area contributed by atoms with Gasteiger partial charge in [0.1, 0.15) is 0 Å². The van der Waals surface area contributed by atoms with Crippen LogP contribution in [0, 0.1) is 11.5 Å². The maximum atomic E-state index is 12.4. The number of nitrogens with one attached hydrogen (secondary N) is 3. The Morgan fingerprint density at radius 3 is 2.61 bits per heavy atom. The molecule has 28 heavy (non-hydrogen) atoms. The van der Waals surface area contributed by atoms with Crippen LogP contribution in [0.2, 0.25) is 0 Å². The number of guanidine groups is 1. The Morgan fingerprint density at radius 1 is 1.25 bits per heavy atom. The molecule has 1 amide bonds. The number of furan rings is 1. The molecule has 3 N–H and O–H groups in total. The molecule has 0 bridgehead atoms. The van der Waals surface area contributed by atoms with E-state index in [-0.39, 0.29) is 17.4 Å². The lowest BCUT2D eigenvalue weighted by molar-refractivity contribution is 0.0907. The van der Waals surface area contributed by atoms with Crippen molar-refractivity contribution in [1.29, 1.82) is 5.26 Å². The van der Waals surface area contributed by atoms with Crippen LogP contribution in [0.1, 0.15) is 41.8 Å². The lowest BCUT2D eigenvalue weighted by Crippen LogP contribution is -2.49. The molecule has 3 rings (SSSR count). The molecule has 1 saturated carbocycles. The maximum Gasteiger partial charge on any atom is 0.287 e. The summed E-state index contributed by atoms with van der Waals surface area (Å²) < 4.78 is 5.20. The van der Waals surface area contributed by atoms with E-state index in [9.17, 15) is 4.79 Å². The minimum absolute atomic E-state index is 0.131. The van der Waals surface area contributed by atoms with Gasteiger partial charge in [-0.3, -0.25) is 4.79 Å². The number of carbonyl (C=O) groups is 1. The second kappa shape index (κ2) is 9.09. The van der Waals surface area contributed by atoms with Crippen LogP contribution >= 0.6 is 0 Å². The normalized spacial score (nSPS) is 22.1. The largest absolute Gasteiger partial charge is 0.459 e. The summed E-state index contributed by atoms with van der Waals surface area (Å²) in [5.74, 6) is 0.620. The highest BCUT2D eigenvalue weighted by molar-refractivity contribution is 5.91.